The lowest BCUT2D eigenvalue weighted by atomic mass is 9.99. The molecular formula is C18H12BrCl. The molecule has 3 aromatic carbocycles. The van der Waals surface area contributed by atoms with E-state index in [1.807, 2.05) is 42.5 Å². The standard InChI is InChI=1S/C18H12BrCl/c19-17-8-4-7-14(10-17)16-9-15(11-18(20)12-16)13-5-2-1-3-6-13/h1-12H. The minimum absolute atomic E-state index is 0.751. The molecule has 0 heterocycles. The molecule has 0 aliphatic carbocycles. The minimum atomic E-state index is 0.751. The first-order chi connectivity index (χ1) is 9.72. The lowest BCUT2D eigenvalue weighted by molar-refractivity contribution is 1.57. The van der Waals surface area contributed by atoms with E-state index in [-0.39, 0.29) is 0 Å². The summed E-state index contributed by atoms with van der Waals surface area (Å²) in [5.41, 5.74) is 4.58. The lowest BCUT2D eigenvalue weighted by Gasteiger charge is -2.08. The number of hydrogen-bond acceptors (Lipinski definition) is 0. The summed E-state index contributed by atoms with van der Waals surface area (Å²) in [5.74, 6) is 0. The van der Waals surface area contributed by atoms with Crippen molar-refractivity contribution in [1.82, 2.24) is 0 Å². The highest BCUT2D eigenvalue weighted by molar-refractivity contribution is 9.10. The van der Waals surface area contributed by atoms with Crippen LogP contribution in [0.2, 0.25) is 5.02 Å². The van der Waals surface area contributed by atoms with Crippen LogP contribution < -0.4 is 0 Å². The molecular weight excluding hydrogens is 332 g/mol. The van der Waals surface area contributed by atoms with Crippen LogP contribution in [-0.4, -0.2) is 0 Å². The van der Waals surface area contributed by atoms with Crippen molar-refractivity contribution < 1.29 is 0 Å². The van der Waals surface area contributed by atoms with Crippen molar-refractivity contribution in [3.63, 3.8) is 0 Å². The van der Waals surface area contributed by atoms with E-state index in [9.17, 15) is 0 Å². The third-order valence-corrected chi connectivity index (χ3v) is 3.87. The predicted octanol–water partition coefficient (Wildman–Crippen LogP) is 6.44. The van der Waals surface area contributed by atoms with Crippen molar-refractivity contribution in [2.75, 3.05) is 0 Å². The molecule has 0 saturated carbocycles. The van der Waals surface area contributed by atoms with Crippen molar-refractivity contribution in [1.29, 1.82) is 0 Å². The van der Waals surface area contributed by atoms with Gasteiger partial charge in [-0.25, -0.2) is 0 Å². The van der Waals surface area contributed by atoms with Gasteiger partial charge in [0, 0.05) is 9.50 Å². The van der Waals surface area contributed by atoms with Gasteiger partial charge in [-0.15, -0.1) is 0 Å². The predicted molar refractivity (Wildman–Crippen MR) is 90.0 cm³/mol. The second-order valence-corrected chi connectivity index (χ2v) is 5.96. The Bertz CT molecular complexity index is 735. The van der Waals surface area contributed by atoms with E-state index in [0.717, 1.165) is 26.2 Å². The Labute approximate surface area is 132 Å². The van der Waals surface area contributed by atoms with Crippen LogP contribution in [-0.2, 0) is 0 Å². The Hall–Kier alpha value is -1.57. The maximum absolute atomic E-state index is 6.28. The Morgan fingerprint density at radius 2 is 1.25 bits per heavy atom. The molecule has 0 radical (unpaired) electrons. The maximum atomic E-state index is 6.28. The third kappa shape index (κ3) is 2.95. The van der Waals surface area contributed by atoms with Crippen molar-refractivity contribution in [2.45, 2.75) is 0 Å². The summed E-state index contributed by atoms with van der Waals surface area (Å²) in [7, 11) is 0. The molecule has 0 aromatic heterocycles. The van der Waals surface area contributed by atoms with Gasteiger partial charge in [0.15, 0.2) is 0 Å². The van der Waals surface area contributed by atoms with Gasteiger partial charge >= 0.3 is 0 Å². The van der Waals surface area contributed by atoms with Crippen molar-refractivity contribution >= 4 is 27.5 Å². The van der Waals surface area contributed by atoms with Crippen LogP contribution in [0.1, 0.15) is 0 Å². The topological polar surface area (TPSA) is 0 Å². The second-order valence-electron chi connectivity index (χ2n) is 4.60. The van der Waals surface area contributed by atoms with Gasteiger partial charge in [-0.1, -0.05) is 70.0 Å². The summed E-state index contributed by atoms with van der Waals surface area (Å²) in [4.78, 5) is 0. The zero-order valence-electron chi connectivity index (χ0n) is 10.7. The highest BCUT2D eigenvalue weighted by atomic mass is 79.9. The van der Waals surface area contributed by atoms with E-state index in [1.54, 1.807) is 0 Å². The molecule has 98 valence electrons. The summed E-state index contributed by atoms with van der Waals surface area (Å²) in [6, 6.07) is 24.7. The quantitative estimate of drug-likeness (QED) is 0.502. The highest BCUT2D eigenvalue weighted by Gasteiger charge is 2.04. The van der Waals surface area contributed by atoms with Crippen LogP contribution in [0, 0.1) is 0 Å². The molecule has 0 spiro atoms. The molecule has 0 nitrogen and oxygen atoms in total. The van der Waals surface area contributed by atoms with Gasteiger partial charge in [0.25, 0.3) is 0 Å². The van der Waals surface area contributed by atoms with E-state index in [2.05, 4.69) is 46.3 Å². The van der Waals surface area contributed by atoms with Crippen LogP contribution >= 0.6 is 27.5 Å². The molecule has 3 rings (SSSR count). The summed E-state index contributed by atoms with van der Waals surface area (Å²) in [6.07, 6.45) is 0. The van der Waals surface area contributed by atoms with E-state index in [1.165, 1.54) is 5.56 Å². The molecule has 3 aromatic rings. The van der Waals surface area contributed by atoms with E-state index >= 15 is 0 Å². The average Bonchev–Trinajstić information content (AvgIpc) is 2.47. The molecule has 0 aliphatic heterocycles. The smallest absolute Gasteiger partial charge is 0.0418 e. The van der Waals surface area contributed by atoms with Gasteiger partial charge < -0.3 is 0 Å². The second kappa shape index (κ2) is 5.82. The number of rotatable bonds is 2. The van der Waals surface area contributed by atoms with Crippen LogP contribution in [0.3, 0.4) is 0 Å². The fourth-order valence-corrected chi connectivity index (χ4v) is 2.86. The minimum Gasteiger partial charge on any atom is -0.0843 e. The average molecular weight is 344 g/mol. The molecule has 0 unspecified atom stereocenters. The van der Waals surface area contributed by atoms with E-state index in [4.69, 9.17) is 11.6 Å². The fraction of sp³-hybridized carbons (Fsp3) is 0. The molecule has 2 heteroatoms. The summed E-state index contributed by atoms with van der Waals surface area (Å²) < 4.78 is 1.07. The van der Waals surface area contributed by atoms with E-state index < -0.39 is 0 Å². The van der Waals surface area contributed by atoms with E-state index in [0.29, 0.717) is 0 Å². The normalized spacial score (nSPS) is 10.5. The molecule has 20 heavy (non-hydrogen) atoms. The van der Waals surface area contributed by atoms with Crippen LogP contribution in [0.4, 0.5) is 0 Å². The fourth-order valence-electron chi connectivity index (χ4n) is 2.22. The summed E-state index contributed by atoms with van der Waals surface area (Å²) in [6.45, 7) is 0. The SMILES string of the molecule is Clc1cc(-c2ccccc2)cc(-c2cccc(Br)c2)c1. The number of hydrogen-bond donors (Lipinski definition) is 0. The third-order valence-electron chi connectivity index (χ3n) is 3.16. The monoisotopic (exact) mass is 342 g/mol. The molecule has 0 N–H and O–H groups in total. The van der Waals surface area contributed by atoms with Gasteiger partial charge in [-0.2, -0.15) is 0 Å². The van der Waals surface area contributed by atoms with Gasteiger partial charge in [0.1, 0.15) is 0 Å². The molecule has 0 fully saturated rings. The first-order valence-corrected chi connectivity index (χ1v) is 7.51. The molecule has 0 bridgehead atoms. The zero-order chi connectivity index (χ0) is 13.9. The maximum Gasteiger partial charge on any atom is 0.0418 e. The Morgan fingerprint density at radius 3 is 1.95 bits per heavy atom. The first-order valence-electron chi connectivity index (χ1n) is 6.34. The summed E-state index contributed by atoms with van der Waals surface area (Å²) in [5, 5.41) is 0.751. The van der Waals surface area contributed by atoms with Gasteiger partial charge in [0.2, 0.25) is 0 Å². The highest BCUT2D eigenvalue weighted by Crippen LogP contribution is 2.31. The molecule has 0 aliphatic rings. The Morgan fingerprint density at radius 1 is 0.600 bits per heavy atom. The Balaban J connectivity index is 2.12. The van der Waals surface area contributed by atoms with Crippen LogP contribution in [0.25, 0.3) is 22.3 Å². The van der Waals surface area contributed by atoms with Gasteiger partial charge in [0.05, 0.1) is 0 Å². The van der Waals surface area contributed by atoms with Crippen LogP contribution in [0.5, 0.6) is 0 Å². The van der Waals surface area contributed by atoms with Crippen LogP contribution in [0.15, 0.2) is 77.3 Å². The van der Waals surface area contributed by atoms with Crippen molar-refractivity contribution in [3.05, 3.63) is 82.3 Å². The largest absolute Gasteiger partial charge is 0.0843 e. The molecule has 0 saturated heterocycles. The zero-order valence-corrected chi connectivity index (χ0v) is 13.0. The first kappa shape index (κ1) is 13.4. The number of halogens is 2. The Kier molecular flexibility index (Phi) is 3.90. The molecule has 0 amide bonds. The van der Waals surface area contributed by atoms with Crippen molar-refractivity contribution in [3.8, 4) is 22.3 Å². The molecule has 0 atom stereocenters. The van der Waals surface area contributed by atoms with Gasteiger partial charge in [-0.3, -0.25) is 0 Å². The summed E-state index contributed by atoms with van der Waals surface area (Å²) >= 11 is 9.79. The number of benzene rings is 3. The lowest BCUT2D eigenvalue weighted by Crippen LogP contribution is -1.82. The van der Waals surface area contributed by atoms with Gasteiger partial charge in [-0.05, 0) is 52.6 Å². The van der Waals surface area contributed by atoms with Crippen molar-refractivity contribution in [2.24, 2.45) is 0 Å².